The zero-order valence-electron chi connectivity index (χ0n) is 10.5. The Kier molecular flexibility index (Phi) is 4.37. The van der Waals surface area contributed by atoms with Gasteiger partial charge in [0, 0.05) is 23.7 Å². The van der Waals surface area contributed by atoms with Gasteiger partial charge in [-0.2, -0.15) is 5.10 Å². The molecule has 0 saturated carbocycles. The van der Waals surface area contributed by atoms with E-state index < -0.39 is 0 Å². The highest BCUT2D eigenvalue weighted by molar-refractivity contribution is 6.31. The largest absolute Gasteiger partial charge is 0.397 e. The predicted molar refractivity (Wildman–Crippen MR) is 77.6 cm³/mol. The number of anilines is 2. The van der Waals surface area contributed by atoms with Gasteiger partial charge < -0.3 is 11.1 Å². The highest BCUT2D eigenvalue weighted by Gasteiger charge is 2.06. The van der Waals surface area contributed by atoms with Crippen LogP contribution >= 0.6 is 11.6 Å². The predicted octanol–water partition coefficient (Wildman–Crippen LogP) is 1.51. The molecule has 1 aromatic heterocycles. The van der Waals surface area contributed by atoms with Gasteiger partial charge in [0.15, 0.2) is 0 Å². The second kappa shape index (κ2) is 6.21. The van der Waals surface area contributed by atoms with Crippen molar-refractivity contribution in [3.05, 3.63) is 51.9 Å². The second-order valence-electron chi connectivity index (χ2n) is 4.11. The standard InChI is InChI=1S/C13H13ClN4O2/c14-9-3-4-11(10(15)8-9)17-12(19)5-7-18-13(20)2-1-6-16-18/h1-4,6,8H,5,7,15H2,(H,17,19). The molecule has 0 unspecified atom stereocenters. The fraction of sp³-hybridized carbons (Fsp3) is 0.154. The molecule has 0 fully saturated rings. The third kappa shape index (κ3) is 3.58. The lowest BCUT2D eigenvalue weighted by molar-refractivity contribution is -0.116. The maximum absolute atomic E-state index is 11.8. The molecule has 20 heavy (non-hydrogen) atoms. The first-order chi connectivity index (χ1) is 9.56. The van der Waals surface area contributed by atoms with E-state index in [4.69, 9.17) is 17.3 Å². The van der Waals surface area contributed by atoms with Crippen molar-refractivity contribution >= 4 is 28.9 Å². The number of aryl methyl sites for hydroxylation is 1. The molecular formula is C13H13ClN4O2. The van der Waals surface area contributed by atoms with Crippen LogP contribution in [0.2, 0.25) is 5.02 Å². The molecule has 0 radical (unpaired) electrons. The van der Waals surface area contributed by atoms with Gasteiger partial charge in [-0.25, -0.2) is 4.68 Å². The van der Waals surface area contributed by atoms with Crippen LogP contribution in [0.4, 0.5) is 11.4 Å². The van der Waals surface area contributed by atoms with E-state index in [9.17, 15) is 9.59 Å². The van der Waals surface area contributed by atoms with Crippen LogP contribution in [0.25, 0.3) is 0 Å². The zero-order valence-corrected chi connectivity index (χ0v) is 11.3. The Morgan fingerprint density at radius 1 is 1.40 bits per heavy atom. The molecular weight excluding hydrogens is 280 g/mol. The van der Waals surface area contributed by atoms with Crippen molar-refractivity contribution in [2.24, 2.45) is 0 Å². The van der Waals surface area contributed by atoms with Crippen molar-refractivity contribution < 1.29 is 4.79 Å². The zero-order chi connectivity index (χ0) is 14.5. The fourth-order valence-electron chi connectivity index (χ4n) is 1.62. The number of carbonyl (C=O) groups excluding carboxylic acids is 1. The molecule has 1 amide bonds. The molecule has 0 aliphatic heterocycles. The first-order valence-electron chi connectivity index (χ1n) is 5.93. The van der Waals surface area contributed by atoms with Crippen molar-refractivity contribution in [1.29, 1.82) is 0 Å². The Bertz CT molecular complexity index is 684. The van der Waals surface area contributed by atoms with Gasteiger partial charge in [0.2, 0.25) is 5.91 Å². The average molecular weight is 293 g/mol. The van der Waals surface area contributed by atoms with E-state index in [1.165, 1.54) is 16.9 Å². The summed E-state index contributed by atoms with van der Waals surface area (Å²) in [6.45, 7) is 0.207. The summed E-state index contributed by atoms with van der Waals surface area (Å²) < 4.78 is 1.23. The number of halogens is 1. The average Bonchev–Trinajstić information content (AvgIpc) is 2.41. The van der Waals surface area contributed by atoms with Gasteiger partial charge >= 0.3 is 0 Å². The van der Waals surface area contributed by atoms with Gasteiger partial charge in [-0.3, -0.25) is 9.59 Å². The smallest absolute Gasteiger partial charge is 0.266 e. The maximum atomic E-state index is 11.8. The number of nitrogens with zero attached hydrogens (tertiary/aromatic N) is 2. The molecule has 0 bridgehead atoms. The third-order valence-electron chi connectivity index (χ3n) is 2.62. The van der Waals surface area contributed by atoms with E-state index in [2.05, 4.69) is 10.4 Å². The summed E-state index contributed by atoms with van der Waals surface area (Å²) in [6.07, 6.45) is 1.62. The normalized spacial score (nSPS) is 10.2. The monoisotopic (exact) mass is 292 g/mol. The number of amides is 1. The summed E-state index contributed by atoms with van der Waals surface area (Å²) in [5, 5.41) is 7.03. The number of nitrogen functional groups attached to an aromatic ring is 1. The lowest BCUT2D eigenvalue weighted by atomic mass is 10.2. The van der Waals surface area contributed by atoms with Gasteiger partial charge in [0.25, 0.3) is 5.56 Å². The van der Waals surface area contributed by atoms with Crippen molar-refractivity contribution in [3.63, 3.8) is 0 Å². The topological polar surface area (TPSA) is 90.0 Å². The lowest BCUT2D eigenvalue weighted by Crippen LogP contribution is -2.24. The highest BCUT2D eigenvalue weighted by atomic mass is 35.5. The minimum absolute atomic E-state index is 0.124. The van der Waals surface area contributed by atoms with Crippen molar-refractivity contribution in [3.8, 4) is 0 Å². The molecule has 2 rings (SSSR count). The molecule has 0 spiro atoms. The number of rotatable bonds is 4. The van der Waals surface area contributed by atoms with Crippen molar-refractivity contribution in [2.45, 2.75) is 13.0 Å². The second-order valence-corrected chi connectivity index (χ2v) is 4.55. The maximum Gasteiger partial charge on any atom is 0.266 e. The molecule has 104 valence electrons. The van der Waals surface area contributed by atoms with Crippen LogP contribution in [0.5, 0.6) is 0 Å². The fourth-order valence-corrected chi connectivity index (χ4v) is 1.80. The van der Waals surface area contributed by atoms with Crippen LogP contribution in [0, 0.1) is 0 Å². The first kappa shape index (κ1) is 14.1. The minimum Gasteiger partial charge on any atom is -0.397 e. The van der Waals surface area contributed by atoms with Gasteiger partial charge in [0.05, 0.1) is 17.9 Å². The highest BCUT2D eigenvalue weighted by Crippen LogP contribution is 2.22. The lowest BCUT2D eigenvalue weighted by Gasteiger charge is -2.08. The van der Waals surface area contributed by atoms with E-state index >= 15 is 0 Å². The third-order valence-corrected chi connectivity index (χ3v) is 2.86. The molecule has 7 heteroatoms. The molecule has 6 nitrogen and oxygen atoms in total. The van der Waals surface area contributed by atoms with Crippen LogP contribution in [-0.2, 0) is 11.3 Å². The van der Waals surface area contributed by atoms with Crippen LogP contribution in [0.3, 0.4) is 0 Å². The molecule has 1 aromatic carbocycles. The number of nitrogens with two attached hydrogens (primary N) is 1. The van der Waals surface area contributed by atoms with Crippen LogP contribution < -0.4 is 16.6 Å². The van der Waals surface area contributed by atoms with Crippen molar-refractivity contribution in [2.75, 3.05) is 11.1 Å². The SMILES string of the molecule is Nc1cc(Cl)ccc1NC(=O)CCn1ncccc1=O. The Hall–Kier alpha value is -2.34. The van der Waals surface area contributed by atoms with Crippen molar-refractivity contribution in [1.82, 2.24) is 9.78 Å². The number of benzene rings is 1. The molecule has 0 aliphatic carbocycles. The summed E-state index contributed by atoms with van der Waals surface area (Å²) in [5.74, 6) is -0.253. The van der Waals surface area contributed by atoms with Gasteiger partial charge in [-0.1, -0.05) is 11.6 Å². The summed E-state index contributed by atoms with van der Waals surface area (Å²) in [6, 6.07) is 7.76. The number of aromatic nitrogens is 2. The first-order valence-corrected chi connectivity index (χ1v) is 6.31. The Balaban J connectivity index is 1.96. The summed E-state index contributed by atoms with van der Waals surface area (Å²) >= 11 is 5.77. The molecule has 2 aromatic rings. The quantitative estimate of drug-likeness (QED) is 0.836. The van der Waals surface area contributed by atoms with E-state index in [0.29, 0.717) is 16.4 Å². The number of hydrogen-bond donors (Lipinski definition) is 2. The van der Waals surface area contributed by atoms with Gasteiger partial charge in [-0.05, 0) is 24.3 Å². The van der Waals surface area contributed by atoms with Crippen LogP contribution in [-0.4, -0.2) is 15.7 Å². The molecule has 0 aliphatic rings. The summed E-state index contributed by atoms with van der Waals surface area (Å²) in [5.41, 5.74) is 6.37. The van der Waals surface area contributed by atoms with E-state index in [1.54, 1.807) is 24.3 Å². The Morgan fingerprint density at radius 3 is 2.90 bits per heavy atom. The number of hydrogen-bond acceptors (Lipinski definition) is 4. The molecule has 3 N–H and O–H groups in total. The van der Waals surface area contributed by atoms with E-state index in [-0.39, 0.29) is 24.4 Å². The summed E-state index contributed by atoms with van der Waals surface area (Å²) in [4.78, 5) is 23.2. The van der Waals surface area contributed by atoms with Crippen LogP contribution in [0.1, 0.15) is 6.42 Å². The summed E-state index contributed by atoms with van der Waals surface area (Å²) in [7, 11) is 0. The number of carbonyl (C=O) groups is 1. The molecule has 1 heterocycles. The van der Waals surface area contributed by atoms with E-state index in [1.807, 2.05) is 0 Å². The minimum atomic E-state index is -0.253. The molecule has 0 atom stereocenters. The Morgan fingerprint density at radius 2 is 2.20 bits per heavy atom. The Labute approximate surface area is 120 Å². The van der Waals surface area contributed by atoms with Crippen LogP contribution in [0.15, 0.2) is 41.3 Å². The van der Waals surface area contributed by atoms with Gasteiger partial charge in [0.1, 0.15) is 0 Å². The molecule has 0 saturated heterocycles. The van der Waals surface area contributed by atoms with Gasteiger partial charge in [-0.15, -0.1) is 0 Å². The number of nitrogens with one attached hydrogen (secondary N) is 1. The van der Waals surface area contributed by atoms with E-state index in [0.717, 1.165) is 0 Å².